The Kier molecular flexibility index (Phi) is 7.66. The second-order valence-corrected chi connectivity index (χ2v) is 9.97. The van der Waals surface area contributed by atoms with Crippen molar-refractivity contribution in [3.8, 4) is 0 Å². The third-order valence-corrected chi connectivity index (χ3v) is 7.29. The first-order valence-electron chi connectivity index (χ1n) is 10.6. The van der Waals surface area contributed by atoms with Crippen molar-refractivity contribution in [3.63, 3.8) is 0 Å². The Morgan fingerprint density at radius 2 is 1.82 bits per heavy atom. The minimum absolute atomic E-state index is 0.000570. The normalized spacial score (nSPS) is 39.9. The molecule has 0 spiro atoms. The van der Waals surface area contributed by atoms with Gasteiger partial charge in [0.05, 0.1) is 12.1 Å². The van der Waals surface area contributed by atoms with Crippen LogP contribution in [0.5, 0.6) is 0 Å². The molecule has 8 heteroatoms. The van der Waals surface area contributed by atoms with Gasteiger partial charge in [0, 0.05) is 0 Å². The summed E-state index contributed by atoms with van der Waals surface area (Å²) in [7, 11) is 0. The maximum atomic E-state index is 12.9. The van der Waals surface area contributed by atoms with Crippen molar-refractivity contribution in [3.05, 3.63) is 0 Å². The van der Waals surface area contributed by atoms with E-state index in [-0.39, 0.29) is 17.9 Å². The van der Waals surface area contributed by atoms with Crippen LogP contribution in [0, 0.1) is 17.8 Å². The highest BCUT2D eigenvalue weighted by Crippen LogP contribution is 2.36. The molecule has 3 fully saturated rings. The van der Waals surface area contributed by atoms with Crippen molar-refractivity contribution in [2.75, 3.05) is 12.8 Å². The Bertz CT molecular complexity index is 531. The number of carbonyl (C=O) groups excluding carboxylic acids is 1. The number of ether oxygens (including phenoxy) is 1. The number of hydrogen-bond donors (Lipinski definition) is 5. The molecular formula is C20H36N2O5S. The lowest BCUT2D eigenvalue weighted by Crippen LogP contribution is -2.64. The van der Waals surface area contributed by atoms with E-state index in [4.69, 9.17) is 4.74 Å². The fourth-order valence-electron chi connectivity index (χ4n) is 4.36. The zero-order valence-corrected chi connectivity index (χ0v) is 17.9. The molecule has 0 aromatic heterocycles. The number of thioether (sulfide) groups is 1. The predicted molar refractivity (Wildman–Crippen MR) is 109 cm³/mol. The van der Waals surface area contributed by atoms with Crippen LogP contribution >= 0.6 is 11.8 Å². The second kappa shape index (κ2) is 9.62. The number of aliphatic hydroxyl groups excluding tert-OH is 3. The predicted octanol–water partition coefficient (Wildman–Crippen LogP) is 0.466. The van der Waals surface area contributed by atoms with Crippen LogP contribution < -0.4 is 10.6 Å². The maximum Gasteiger partial charge on any atom is 0.237 e. The van der Waals surface area contributed by atoms with Gasteiger partial charge in [-0.1, -0.05) is 33.1 Å². The van der Waals surface area contributed by atoms with Crippen LogP contribution in [-0.2, 0) is 9.53 Å². The summed E-state index contributed by atoms with van der Waals surface area (Å²) in [4.78, 5) is 12.9. The van der Waals surface area contributed by atoms with Crippen molar-refractivity contribution in [2.24, 2.45) is 17.8 Å². The van der Waals surface area contributed by atoms with Crippen molar-refractivity contribution in [2.45, 2.75) is 87.9 Å². The zero-order chi connectivity index (χ0) is 20.4. The summed E-state index contributed by atoms with van der Waals surface area (Å²) in [6.07, 6.45) is 3.31. The molecule has 162 valence electrons. The van der Waals surface area contributed by atoms with E-state index in [2.05, 4.69) is 10.6 Å². The van der Waals surface area contributed by atoms with Crippen LogP contribution in [0.3, 0.4) is 0 Å². The van der Waals surface area contributed by atoms with Crippen molar-refractivity contribution in [1.29, 1.82) is 0 Å². The third-order valence-electron chi connectivity index (χ3n) is 6.44. The lowest BCUT2D eigenvalue weighted by atomic mass is 9.88. The lowest BCUT2D eigenvalue weighted by Gasteiger charge is -2.44. The first kappa shape index (κ1) is 22.3. The van der Waals surface area contributed by atoms with Gasteiger partial charge in [-0.3, -0.25) is 4.79 Å². The third kappa shape index (κ3) is 5.21. The fourth-order valence-corrected chi connectivity index (χ4v) is 5.04. The van der Waals surface area contributed by atoms with Gasteiger partial charge >= 0.3 is 0 Å². The summed E-state index contributed by atoms with van der Waals surface area (Å²) in [5, 5.41) is 37.2. The van der Waals surface area contributed by atoms with Crippen LogP contribution in [0.15, 0.2) is 0 Å². The summed E-state index contributed by atoms with van der Waals surface area (Å²) < 4.78 is 5.88. The van der Waals surface area contributed by atoms with Gasteiger partial charge in [0.25, 0.3) is 0 Å². The summed E-state index contributed by atoms with van der Waals surface area (Å²) >= 11 is 1.28. The highest BCUT2D eigenvalue weighted by atomic mass is 32.2. The minimum atomic E-state index is -1.30. The van der Waals surface area contributed by atoms with Crippen LogP contribution in [-0.4, -0.2) is 76.0 Å². The number of carbonyl (C=O) groups is 1. The van der Waals surface area contributed by atoms with Gasteiger partial charge in [-0.15, -0.1) is 11.8 Å². The number of aliphatic hydroxyl groups is 3. The number of nitrogens with one attached hydrogen (secondary N) is 2. The Morgan fingerprint density at radius 1 is 1.14 bits per heavy atom. The Balaban J connectivity index is 1.58. The Hall–Kier alpha value is -0.380. The monoisotopic (exact) mass is 416 g/mol. The molecule has 7 nitrogen and oxygen atoms in total. The molecule has 3 rings (SSSR count). The van der Waals surface area contributed by atoms with E-state index in [0.29, 0.717) is 5.92 Å². The van der Waals surface area contributed by atoms with Crippen molar-refractivity contribution in [1.82, 2.24) is 10.6 Å². The summed E-state index contributed by atoms with van der Waals surface area (Å²) in [6, 6.07) is -0.676. The first-order chi connectivity index (χ1) is 13.3. The molecule has 1 saturated carbocycles. The van der Waals surface area contributed by atoms with E-state index in [1.54, 1.807) is 6.26 Å². The SMILES string of the molecule is CS[C@H]1O[C@H]([C@H](NC(=O)[C@@H]2C[C@@H](CCC3CC3)CN2)C(C)C)[C@H](O)[C@H](O)[C@H]1O. The van der Waals surface area contributed by atoms with E-state index < -0.39 is 35.9 Å². The van der Waals surface area contributed by atoms with Gasteiger partial charge in [0.1, 0.15) is 29.9 Å². The Labute approximate surface area is 172 Å². The lowest BCUT2D eigenvalue weighted by molar-refractivity contribution is -0.208. The second-order valence-electron chi connectivity index (χ2n) is 9.04. The molecular weight excluding hydrogens is 380 g/mol. The summed E-state index contributed by atoms with van der Waals surface area (Å²) in [5.41, 5.74) is -0.641. The topological polar surface area (TPSA) is 111 Å². The molecule has 1 amide bonds. The minimum Gasteiger partial charge on any atom is -0.388 e. The maximum absolute atomic E-state index is 12.9. The molecule has 0 aromatic carbocycles. The van der Waals surface area contributed by atoms with Gasteiger partial charge in [-0.2, -0.15) is 0 Å². The van der Waals surface area contributed by atoms with Crippen molar-refractivity contribution >= 4 is 17.7 Å². The van der Waals surface area contributed by atoms with Crippen molar-refractivity contribution < 1.29 is 24.9 Å². The van der Waals surface area contributed by atoms with E-state index in [1.165, 1.54) is 37.4 Å². The highest BCUT2D eigenvalue weighted by Gasteiger charge is 2.47. The van der Waals surface area contributed by atoms with Gasteiger partial charge in [-0.25, -0.2) is 0 Å². The first-order valence-corrected chi connectivity index (χ1v) is 11.9. The van der Waals surface area contributed by atoms with Crippen LogP contribution in [0.25, 0.3) is 0 Å². The highest BCUT2D eigenvalue weighted by molar-refractivity contribution is 7.99. The average Bonchev–Trinajstić information content (AvgIpc) is 3.38. The molecule has 5 N–H and O–H groups in total. The van der Waals surface area contributed by atoms with E-state index in [9.17, 15) is 20.1 Å². The molecule has 2 heterocycles. The molecule has 0 unspecified atom stereocenters. The van der Waals surface area contributed by atoms with Crippen LogP contribution in [0.4, 0.5) is 0 Å². The van der Waals surface area contributed by atoms with Gasteiger partial charge in [-0.05, 0) is 43.4 Å². The quantitative estimate of drug-likeness (QED) is 0.391. The molecule has 28 heavy (non-hydrogen) atoms. The Morgan fingerprint density at radius 3 is 2.43 bits per heavy atom. The molecule has 3 aliphatic rings. The smallest absolute Gasteiger partial charge is 0.237 e. The summed E-state index contributed by atoms with van der Waals surface area (Å²) in [6.45, 7) is 4.78. The number of rotatable bonds is 8. The van der Waals surface area contributed by atoms with Crippen LogP contribution in [0.2, 0.25) is 0 Å². The zero-order valence-electron chi connectivity index (χ0n) is 17.1. The molecule has 2 aliphatic heterocycles. The average molecular weight is 417 g/mol. The van der Waals surface area contributed by atoms with Crippen LogP contribution in [0.1, 0.15) is 46.0 Å². The molecule has 1 aliphatic carbocycles. The molecule has 8 atom stereocenters. The van der Waals surface area contributed by atoms with Gasteiger partial charge in [0.2, 0.25) is 5.91 Å². The van der Waals surface area contributed by atoms with E-state index >= 15 is 0 Å². The molecule has 0 radical (unpaired) electrons. The number of hydrogen-bond acceptors (Lipinski definition) is 7. The molecule has 2 saturated heterocycles. The number of amides is 1. The molecule has 0 bridgehead atoms. The largest absolute Gasteiger partial charge is 0.388 e. The van der Waals surface area contributed by atoms with E-state index in [1.807, 2.05) is 13.8 Å². The summed E-state index contributed by atoms with van der Waals surface area (Å²) in [5.74, 6) is 1.38. The fraction of sp³-hybridized carbons (Fsp3) is 0.950. The molecule has 0 aromatic rings. The van der Waals surface area contributed by atoms with Gasteiger partial charge in [0.15, 0.2) is 0 Å². The standard InChI is InChI=1S/C20H36N2O5S/c1-10(2)14(18-16(24)15(23)17(25)20(27-18)28-3)22-19(26)13-8-12(9-21-13)7-6-11-4-5-11/h10-18,20-21,23-25H,4-9H2,1-3H3,(H,22,26)/t12-,13+,14-,15+,16-,17-,18-,20-/m1/s1. The van der Waals surface area contributed by atoms with Gasteiger partial charge < -0.3 is 30.7 Å². The van der Waals surface area contributed by atoms with E-state index in [0.717, 1.165) is 18.9 Å².